The van der Waals surface area contributed by atoms with Crippen molar-refractivity contribution in [1.82, 2.24) is 0 Å². The number of rotatable bonds is 1. The number of hydrogen-bond donors (Lipinski definition) is 0. The minimum absolute atomic E-state index is 0.837. The van der Waals surface area contributed by atoms with Gasteiger partial charge in [-0.15, -0.1) is 0 Å². The van der Waals surface area contributed by atoms with Crippen LogP contribution in [0.15, 0.2) is 54.6 Å². The minimum atomic E-state index is 0.837. The van der Waals surface area contributed by atoms with Gasteiger partial charge in [-0.1, -0.05) is 54.6 Å². The van der Waals surface area contributed by atoms with Crippen LogP contribution in [0.3, 0.4) is 0 Å². The van der Waals surface area contributed by atoms with Gasteiger partial charge in [-0.05, 0) is 77.0 Å². The maximum atomic E-state index is 2.56. The molecule has 7 atom stereocenters. The highest BCUT2D eigenvalue weighted by Crippen LogP contribution is 2.68. The molecule has 0 saturated heterocycles. The van der Waals surface area contributed by atoms with E-state index in [0.717, 1.165) is 41.4 Å². The van der Waals surface area contributed by atoms with Crippen molar-refractivity contribution in [3.8, 4) is 0 Å². The Hall–Kier alpha value is -1.56. The summed E-state index contributed by atoms with van der Waals surface area (Å²) < 4.78 is 0. The monoisotopic (exact) mass is 286 g/mol. The Labute approximate surface area is 132 Å². The van der Waals surface area contributed by atoms with Gasteiger partial charge in [0, 0.05) is 0 Å². The lowest BCUT2D eigenvalue weighted by molar-refractivity contribution is 0.185. The molecule has 0 aliphatic heterocycles. The van der Waals surface area contributed by atoms with Crippen molar-refractivity contribution in [2.45, 2.75) is 25.2 Å². The number of benzene rings is 2. The first kappa shape index (κ1) is 11.9. The summed E-state index contributed by atoms with van der Waals surface area (Å²) in [4.78, 5) is 0. The maximum absolute atomic E-state index is 2.56. The van der Waals surface area contributed by atoms with E-state index in [4.69, 9.17) is 0 Å². The standard InChI is InChI=1S/C22H22/c1-2-4-14-9-15(6-5-13(14)3-1)19-11-18-12-20(19)22-17-8-7-16(10-17)21(18)22/h1-9,16-22H,10-12H2. The van der Waals surface area contributed by atoms with Crippen molar-refractivity contribution < 1.29 is 0 Å². The molecule has 6 rings (SSSR count). The van der Waals surface area contributed by atoms with E-state index in [-0.39, 0.29) is 0 Å². The van der Waals surface area contributed by atoms with Gasteiger partial charge in [0.2, 0.25) is 0 Å². The molecule has 4 bridgehead atoms. The highest BCUT2D eigenvalue weighted by atomic mass is 14.6. The molecule has 2 aromatic rings. The predicted molar refractivity (Wildman–Crippen MR) is 90.6 cm³/mol. The first-order valence-electron chi connectivity index (χ1n) is 9.05. The van der Waals surface area contributed by atoms with Gasteiger partial charge in [0.25, 0.3) is 0 Å². The fourth-order valence-electron chi connectivity index (χ4n) is 6.84. The molecular formula is C22H22. The van der Waals surface area contributed by atoms with Crippen molar-refractivity contribution in [3.05, 3.63) is 60.2 Å². The summed E-state index contributed by atoms with van der Waals surface area (Å²) >= 11 is 0. The van der Waals surface area contributed by atoms with Gasteiger partial charge in [0.05, 0.1) is 0 Å². The van der Waals surface area contributed by atoms with Gasteiger partial charge in [0.15, 0.2) is 0 Å². The van der Waals surface area contributed by atoms with Crippen LogP contribution in [0, 0.1) is 35.5 Å². The molecule has 110 valence electrons. The lowest BCUT2D eigenvalue weighted by Gasteiger charge is -2.37. The van der Waals surface area contributed by atoms with E-state index in [1.54, 1.807) is 5.56 Å². The molecule has 0 heteroatoms. The van der Waals surface area contributed by atoms with Crippen LogP contribution in [0.25, 0.3) is 10.8 Å². The zero-order valence-corrected chi connectivity index (χ0v) is 12.9. The van der Waals surface area contributed by atoms with Crippen LogP contribution in [-0.2, 0) is 0 Å². The molecule has 22 heavy (non-hydrogen) atoms. The normalized spacial score (nSPS) is 44.1. The lowest BCUT2D eigenvalue weighted by atomic mass is 9.68. The number of fused-ring (bicyclic) bond motifs is 10. The highest BCUT2D eigenvalue weighted by molar-refractivity contribution is 5.83. The lowest BCUT2D eigenvalue weighted by Crippen LogP contribution is -2.30. The Balaban J connectivity index is 1.40. The first-order chi connectivity index (χ1) is 10.9. The topological polar surface area (TPSA) is 0 Å². The van der Waals surface area contributed by atoms with Gasteiger partial charge in [0.1, 0.15) is 0 Å². The zero-order chi connectivity index (χ0) is 14.3. The summed E-state index contributed by atoms with van der Waals surface area (Å²) in [6, 6.07) is 16.1. The SMILES string of the molecule is C1=CC2CC1C1C3CC(c4ccc5ccccc5c4)C(C3)C21. The van der Waals surface area contributed by atoms with Gasteiger partial charge in [-0.2, -0.15) is 0 Å². The highest BCUT2D eigenvalue weighted by Gasteiger charge is 2.60. The van der Waals surface area contributed by atoms with Gasteiger partial charge < -0.3 is 0 Å². The summed E-state index contributed by atoms with van der Waals surface area (Å²) in [5.74, 6) is 6.77. The molecule has 0 aromatic heterocycles. The largest absolute Gasteiger partial charge is 0.0848 e. The summed E-state index contributed by atoms with van der Waals surface area (Å²) in [5, 5.41) is 2.81. The Bertz CT molecular complexity index is 785. The predicted octanol–water partition coefficient (Wildman–Crippen LogP) is 5.40. The third-order valence-corrected chi connectivity index (χ3v) is 7.47. The second kappa shape index (κ2) is 4.04. The molecule has 0 N–H and O–H groups in total. The van der Waals surface area contributed by atoms with E-state index in [9.17, 15) is 0 Å². The smallest absolute Gasteiger partial charge is 0.0128 e. The number of hydrogen-bond acceptors (Lipinski definition) is 0. The van der Waals surface area contributed by atoms with E-state index in [2.05, 4.69) is 54.6 Å². The quantitative estimate of drug-likeness (QED) is 0.486. The summed E-state index contributed by atoms with van der Waals surface area (Å²) in [6.07, 6.45) is 9.57. The molecule has 0 spiro atoms. The fourth-order valence-corrected chi connectivity index (χ4v) is 6.84. The zero-order valence-electron chi connectivity index (χ0n) is 12.9. The van der Waals surface area contributed by atoms with Crippen LogP contribution in [0.2, 0.25) is 0 Å². The van der Waals surface area contributed by atoms with Crippen LogP contribution in [-0.4, -0.2) is 0 Å². The molecule has 0 amide bonds. The van der Waals surface area contributed by atoms with Crippen molar-refractivity contribution in [2.24, 2.45) is 35.5 Å². The Morgan fingerprint density at radius 3 is 2.45 bits per heavy atom. The van der Waals surface area contributed by atoms with E-state index in [0.29, 0.717) is 0 Å². The summed E-state index contributed by atoms with van der Waals surface area (Å²) in [5.41, 5.74) is 1.62. The van der Waals surface area contributed by atoms with Crippen molar-refractivity contribution in [3.63, 3.8) is 0 Å². The van der Waals surface area contributed by atoms with E-state index in [1.165, 1.54) is 30.0 Å². The van der Waals surface area contributed by atoms with Crippen LogP contribution < -0.4 is 0 Å². The molecule has 4 aliphatic carbocycles. The minimum Gasteiger partial charge on any atom is -0.0848 e. The Kier molecular flexibility index (Phi) is 2.19. The van der Waals surface area contributed by atoms with Gasteiger partial charge in [-0.3, -0.25) is 0 Å². The van der Waals surface area contributed by atoms with Gasteiger partial charge in [-0.25, -0.2) is 0 Å². The fraction of sp³-hybridized carbons (Fsp3) is 0.455. The first-order valence-corrected chi connectivity index (χ1v) is 9.05. The summed E-state index contributed by atoms with van der Waals surface area (Å²) in [6.45, 7) is 0. The third kappa shape index (κ3) is 1.39. The molecule has 4 aliphatic rings. The maximum Gasteiger partial charge on any atom is -0.0128 e. The average molecular weight is 286 g/mol. The van der Waals surface area contributed by atoms with E-state index < -0.39 is 0 Å². The van der Waals surface area contributed by atoms with E-state index >= 15 is 0 Å². The van der Waals surface area contributed by atoms with Gasteiger partial charge >= 0.3 is 0 Å². The summed E-state index contributed by atoms with van der Waals surface area (Å²) in [7, 11) is 0. The second-order valence-corrected chi connectivity index (χ2v) is 8.21. The molecular weight excluding hydrogens is 264 g/mol. The molecule has 3 saturated carbocycles. The third-order valence-electron chi connectivity index (χ3n) is 7.47. The number of allylic oxidation sites excluding steroid dienone is 2. The molecule has 2 aromatic carbocycles. The van der Waals surface area contributed by atoms with E-state index in [1.807, 2.05) is 0 Å². The molecule has 0 heterocycles. The molecule has 0 nitrogen and oxygen atoms in total. The van der Waals surface area contributed by atoms with Crippen molar-refractivity contribution >= 4 is 10.8 Å². The average Bonchev–Trinajstić information content (AvgIpc) is 3.32. The van der Waals surface area contributed by atoms with Crippen LogP contribution >= 0.6 is 0 Å². The Morgan fingerprint density at radius 1 is 0.727 bits per heavy atom. The molecule has 7 unspecified atom stereocenters. The Morgan fingerprint density at radius 2 is 1.55 bits per heavy atom. The van der Waals surface area contributed by atoms with Crippen LogP contribution in [0.4, 0.5) is 0 Å². The second-order valence-electron chi connectivity index (χ2n) is 8.21. The van der Waals surface area contributed by atoms with Crippen molar-refractivity contribution in [2.75, 3.05) is 0 Å². The molecule has 3 fully saturated rings. The molecule has 0 radical (unpaired) electrons. The van der Waals surface area contributed by atoms with Crippen LogP contribution in [0.5, 0.6) is 0 Å². The van der Waals surface area contributed by atoms with Crippen LogP contribution in [0.1, 0.15) is 30.7 Å². The van der Waals surface area contributed by atoms with Crippen molar-refractivity contribution in [1.29, 1.82) is 0 Å².